The Labute approximate surface area is 133 Å². The van der Waals surface area contributed by atoms with Gasteiger partial charge < -0.3 is 10.5 Å². The van der Waals surface area contributed by atoms with E-state index in [4.69, 9.17) is 10.5 Å². The molecule has 9 heteroatoms. The van der Waals surface area contributed by atoms with Crippen molar-refractivity contribution < 1.29 is 27.5 Å². The van der Waals surface area contributed by atoms with Gasteiger partial charge in [0.25, 0.3) is 5.91 Å². The molecule has 1 aromatic rings. The number of hydrogen-bond acceptors (Lipinski definition) is 6. The Morgan fingerprint density at radius 3 is 2.30 bits per heavy atom. The molecule has 0 heterocycles. The number of carbonyl (C=O) groups is 3. The van der Waals surface area contributed by atoms with E-state index in [2.05, 4.69) is 0 Å². The van der Waals surface area contributed by atoms with E-state index < -0.39 is 46.0 Å². The van der Waals surface area contributed by atoms with Gasteiger partial charge in [0.15, 0.2) is 15.9 Å². The normalized spacial score (nSPS) is 12.3. The molecule has 0 fully saturated rings. The monoisotopic (exact) mass is 342 g/mol. The van der Waals surface area contributed by atoms with E-state index in [1.807, 2.05) is 6.92 Å². The van der Waals surface area contributed by atoms with Crippen LogP contribution in [0.2, 0.25) is 0 Å². The SMILES string of the molecule is Cc1ccc(S(=O)(=O)CCC(=O)OC(C)C(=O)NC(N)=O)cc1. The molecule has 0 radical (unpaired) electrons. The number of nitrogens with two attached hydrogens (primary N) is 1. The number of esters is 1. The molecular formula is C14H18N2O6S. The first kappa shape index (κ1) is 18.6. The minimum atomic E-state index is -3.62. The fourth-order valence-corrected chi connectivity index (χ4v) is 2.84. The van der Waals surface area contributed by atoms with E-state index in [-0.39, 0.29) is 4.90 Å². The molecule has 0 aliphatic heterocycles. The molecule has 1 rings (SSSR count). The molecule has 0 aromatic heterocycles. The highest BCUT2D eigenvalue weighted by atomic mass is 32.2. The van der Waals surface area contributed by atoms with E-state index in [0.29, 0.717) is 0 Å². The molecule has 0 saturated carbocycles. The zero-order chi connectivity index (χ0) is 17.6. The third-order valence-electron chi connectivity index (χ3n) is 2.88. The molecule has 126 valence electrons. The minimum Gasteiger partial charge on any atom is -0.453 e. The van der Waals surface area contributed by atoms with Gasteiger partial charge in [0.1, 0.15) is 0 Å². The van der Waals surface area contributed by atoms with E-state index in [1.54, 1.807) is 17.4 Å². The lowest BCUT2D eigenvalue weighted by Gasteiger charge is -2.12. The number of imide groups is 1. The van der Waals surface area contributed by atoms with Crippen molar-refractivity contribution in [2.45, 2.75) is 31.3 Å². The molecule has 3 N–H and O–H groups in total. The van der Waals surface area contributed by atoms with E-state index in [1.165, 1.54) is 19.1 Å². The molecule has 0 aliphatic rings. The number of nitrogens with one attached hydrogen (secondary N) is 1. The van der Waals surface area contributed by atoms with Crippen molar-refractivity contribution in [3.63, 3.8) is 0 Å². The number of sulfone groups is 1. The highest BCUT2D eigenvalue weighted by Crippen LogP contribution is 2.13. The second-order valence-electron chi connectivity index (χ2n) is 4.87. The maximum atomic E-state index is 12.1. The predicted molar refractivity (Wildman–Crippen MR) is 81.1 cm³/mol. The first-order valence-electron chi connectivity index (χ1n) is 6.71. The number of rotatable bonds is 6. The third-order valence-corrected chi connectivity index (χ3v) is 4.61. The molecule has 1 aromatic carbocycles. The Morgan fingerprint density at radius 2 is 1.78 bits per heavy atom. The number of ether oxygens (including phenoxy) is 1. The van der Waals surface area contributed by atoms with E-state index in [9.17, 15) is 22.8 Å². The molecule has 0 aliphatic carbocycles. The summed E-state index contributed by atoms with van der Waals surface area (Å²) in [6, 6.07) is 5.15. The number of urea groups is 1. The highest BCUT2D eigenvalue weighted by molar-refractivity contribution is 7.91. The van der Waals surface area contributed by atoms with Crippen molar-refractivity contribution in [3.05, 3.63) is 29.8 Å². The lowest BCUT2D eigenvalue weighted by Crippen LogP contribution is -2.42. The van der Waals surface area contributed by atoms with Crippen LogP contribution in [0.4, 0.5) is 4.79 Å². The first-order chi connectivity index (χ1) is 10.6. The molecule has 0 bridgehead atoms. The topological polar surface area (TPSA) is 133 Å². The van der Waals surface area contributed by atoms with Crippen molar-refractivity contribution in [1.82, 2.24) is 5.32 Å². The van der Waals surface area contributed by atoms with Crippen LogP contribution in [0.15, 0.2) is 29.2 Å². The summed E-state index contributed by atoms with van der Waals surface area (Å²) in [7, 11) is -3.62. The molecule has 23 heavy (non-hydrogen) atoms. The van der Waals surface area contributed by atoms with Gasteiger partial charge >= 0.3 is 12.0 Å². The van der Waals surface area contributed by atoms with Gasteiger partial charge in [-0.1, -0.05) is 17.7 Å². The average molecular weight is 342 g/mol. The number of carbonyl (C=O) groups excluding carboxylic acids is 3. The van der Waals surface area contributed by atoms with Crippen LogP contribution in [0, 0.1) is 6.92 Å². The second-order valence-corrected chi connectivity index (χ2v) is 6.98. The summed E-state index contributed by atoms with van der Waals surface area (Å²) in [5, 5.41) is 1.76. The standard InChI is InChI=1S/C14H18N2O6S/c1-9-3-5-11(6-4-9)23(20,21)8-7-12(17)22-10(2)13(18)16-14(15)19/h3-6,10H,7-8H2,1-2H3,(H3,15,16,18,19). The summed E-state index contributed by atoms with van der Waals surface area (Å²) >= 11 is 0. The van der Waals surface area contributed by atoms with E-state index in [0.717, 1.165) is 5.56 Å². The Kier molecular flexibility index (Phi) is 6.26. The number of benzene rings is 1. The van der Waals surface area contributed by atoms with Crippen molar-refractivity contribution in [2.75, 3.05) is 5.75 Å². The zero-order valence-corrected chi connectivity index (χ0v) is 13.6. The molecular weight excluding hydrogens is 324 g/mol. The number of amides is 3. The van der Waals surface area contributed by atoms with Crippen molar-refractivity contribution in [1.29, 1.82) is 0 Å². The van der Waals surface area contributed by atoms with Crippen LogP contribution in [0.3, 0.4) is 0 Å². The van der Waals surface area contributed by atoms with Gasteiger partial charge in [-0.3, -0.25) is 14.9 Å². The minimum absolute atomic E-state index is 0.107. The second kappa shape index (κ2) is 7.73. The van der Waals surface area contributed by atoms with Crippen LogP contribution in [0.5, 0.6) is 0 Å². The van der Waals surface area contributed by atoms with Gasteiger partial charge in [-0.15, -0.1) is 0 Å². The zero-order valence-electron chi connectivity index (χ0n) is 12.7. The van der Waals surface area contributed by atoms with Crippen LogP contribution in [0.1, 0.15) is 18.9 Å². The first-order valence-corrected chi connectivity index (χ1v) is 8.36. The molecule has 8 nitrogen and oxygen atoms in total. The number of aryl methyl sites for hydroxylation is 1. The van der Waals surface area contributed by atoms with Crippen LogP contribution in [-0.2, 0) is 24.2 Å². The average Bonchev–Trinajstić information content (AvgIpc) is 2.45. The summed E-state index contributed by atoms with van der Waals surface area (Å²) in [6.07, 6.45) is -1.67. The van der Waals surface area contributed by atoms with Crippen molar-refractivity contribution in [2.24, 2.45) is 5.73 Å². The van der Waals surface area contributed by atoms with Gasteiger partial charge in [0.05, 0.1) is 17.1 Å². The summed E-state index contributed by atoms with van der Waals surface area (Å²) in [4.78, 5) is 33.5. The fourth-order valence-electron chi connectivity index (χ4n) is 1.61. The molecule has 1 atom stereocenters. The maximum Gasteiger partial charge on any atom is 0.318 e. The van der Waals surface area contributed by atoms with Gasteiger partial charge in [0, 0.05) is 0 Å². The highest BCUT2D eigenvalue weighted by Gasteiger charge is 2.21. The smallest absolute Gasteiger partial charge is 0.318 e. The lowest BCUT2D eigenvalue weighted by atomic mass is 10.2. The maximum absolute atomic E-state index is 12.1. The molecule has 1 unspecified atom stereocenters. The summed E-state index contributed by atoms with van der Waals surface area (Å²) in [5.74, 6) is -2.20. The van der Waals surface area contributed by atoms with Crippen molar-refractivity contribution in [3.8, 4) is 0 Å². The summed E-state index contributed by atoms with van der Waals surface area (Å²) in [6.45, 7) is 3.07. The third kappa shape index (κ3) is 6.07. The number of primary amides is 1. The fraction of sp³-hybridized carbons (Fsp3) is 0.357. The molecule has 3 amide bonds. The largest absolute Gasteiger partial charge is 0.453 e. The molecule has 0 saturated heterocycles. The van der Waals surface area contributed by atoms with Gasteiger partial charge in [-0.2, -0.15) is 0 Å². The predicted octanol–water partition coefficient (Wildman–Crippen LogP) is 0.285. The van der Waals surface area contributed by atoms with Gasteiger partial charge in [0.2, 0.25) is 0 Å². The van der Waals surface area contributed by atoms with Gasteiger partial charge in [-0.25, -0.2) is 13.2 Å². The summed E-state index contributed by atoms with van der Waals surface area (Å²) in [5.41, 5.74) is 5.68. The summed E-state index contributed by atoms with van der Waals surface area (Å²) < 4.78 is 28.9. The Balaban J connectivity index is 2.57. The quantitative estimate of drug-likeness (QED) is 0.714. The van der Waals surface area contributed by atoms with Crippen molar-refractivity contribution >= 4 is 27.7 Å². The van der Waals surface area contributed by atoms with Gasteiger partial charge in [-0.05, 0) is 26.0 Å². The number of hydrogen-bond donors (Lipinski definition) is 2. The van der Waals surface area contributed by atoms with Crippen LogP contribution < -0.4 is 11.1 Å². The van der Waals surface area contributed by atoms with E-state index >= 15 is 0 Å². The Hall–Kier alpha value is -2.42. The lowest BCUT2D eigenvalue weighted by molar-refractivity contribution is -0.154. The van der Waals surface area contributed by atoms with Crippen LogP contribution in [-0.4, -0.2) is 38.2 Å². The Bertz CT molecular complexity index is 696. The molecule has 0 spiro atoms. The van der Waals surface area contributed by atoms with Crippen LogP contribution in [0.25, 0.3) is 0 Å². The van der Waals surface area contributed by atoms with Crippen LogP contribution >= 0.6 is 0 Å². The Morgan fingerprint density at radius 1 is 1.22 bits per heavy atom.